The molecular weight excluding hydrogens is 371 g/mol. The lowest BCUT2D eigenvalue weighted by Gasteiger charge is -2.02. The van der Waals surface area contributed by atoms with E-state index in [1.807, 2.05) is 12.1 Å². The highest BCUT2D eigenvalue weighted by Crippen LogP contribution is 2.31. The van der Waals surface area contributed by atoms with Gasteiger partial charge in [0, 0.05) is 3.57 Å². The van der Waals surface area contributed by atoms with Crippen molar-refractivity contribution >= 4 is 54.5 Å². The van der Waals surface area contributed by atoms with E-state index in [2.05, 4.69) is 66.6 Å². The lowest BCUT2D eigenvalue weighted by molar-refractivity contribution is 1.39. The van der Waals surface area contributed by atoms with E-state index < -0.39 is 0 Å². The van der Waals surface area contributed by atoms with E-state index in [4.69, 9.17) is 0 Å². The average Bonchev–Trinajstić information content (AvgIpc) is 1.88. The molecule has 1 rings (SSSR count). The molecule has 0 heterocycles. The summed E-state index contributed by atoms with van der Waals surface area (Å²) in [7, 11) is 0. The van der Waals surface area contributed by atoms with Crippen LogP contribution < -0.4 is 0 Å². The number of rotatable bonds is 1. The van der Waals surface area contributed by atoms with E-state index in [-0.39, 0.29) is 3.74 Å². The normalized spacial score (nSPS) is 10.4. The number of hydrogen-bond acceptors (Lipinski definition) is 0. The third-order valence-corrected chi connectivity index (χ3v) is 3.11. The zero-order valence-corrected chi connectivity index (χ0v) is 10.4. The van der Waals surface area contributed by atoms with Gasteiger partial charge in [0.15, 0.2) is 0 Å². The third-order valence-electron chi connectivity index (χ3n) is 1.14. The summed E-state index contributed by atoms with van der Waals surface area (Å²) in [6.45, 7) is 0. The smallest absolute Gasteiger partial charge is 0.0712 e. The molecule has 0 aliphatic rings. The van der Waals surface area contributed by atoms with Gasteiger partial charge in [0.25, 0.3) is 0 Å². The monoisotopic (exact) mass is 374 g/mol. The molecule has 0 aliphatic heterocycles. The molecule has 0 radical (unpaired) electrons. The van der Waals surface area contributed by atoms with Crippen molar-refractivity contribution in [2.24, 2.45) is 0 Å². The Labute approximate surface area is 90.8 Å². The van der Waals surface area contributed by atoms with E-state index >= 15 is 0 Å². The molecule has 10 heavy (non-hydrogen) atoms. The van der Waals surface area contributed by atoms with Crippen LogP contribution in [0.25, 0.3) is 0 Å². The number of alkyl halides is 2. The van der Waals surface area contributed by atoms with Crippen LogP contribution in [0, 0.1) is 3.57 Å². The molecule has 54 valence electrons. The average molecular weight is 376 g/mol. The van der Waals surface area contributed by atoms with Crippen LogP contribution in [0.3, 0.4) is 0 Å². The van der Waals surface area contributed by atoms with Crippen LogP contribution >= 0.6 is 54.5 Å². The number of hydrogen-bond donors (Lipinski definition) is 0. The molecule has 0 bridgehead atoms. The summed E-state index contributed by atoms with van der Waals surface area (Å²) in [4.78, 5) is 0. The molecule has 0 amide bonds. The molecular formula is C7H5Br2I. The van der Waals surface area contributed by atoms with Crippen molar-refractivity contribution in [2.75, 3.05) is 0 Å². The molecule has 1 aromatic rings. The second-order valence-electron chi connectivity index (χ2n) is 1.82. The Morgan fingerprint density at radius 3 is 2.20 bits per heavy atom. The van der Waals surface area contributed by atoms with Crippen molar-refractivity contribution in [3.63, 3.8) is 0 Å². The molecule has 0 nitrogen and oxygen atoms in total. The Kier molecular flexibility index (Phi) is 3.66. The summed E-state index contributed by atoms with van der Waals surface area (Å²) in [6, 6.07) is 8.25. The quantitative estimate of drug-likeness (QED) is 0.512. The SMILES string of the molecule is BrC(Br)c1ccccc1I. The third kappa shape index (κ3) is 2.20. The first kappa shape index (κ1) is 9.00. The van der Waals surface area contributed by atoms with E-state index in [1.165, 1.54) is 9.13 Å². The van der Waals surface area contributed by atoms with Crippen molar-refractivity contribution < 1.29 is 0 Å². The van der Waals surface area contributed by atoms with Crippen molar-refractivity contribution in [1.82, 2.24) is 0 Å². The van der Waals surface area contributed by atoms with Crippen LogP contribution in [0.2, 0.25) is 0 Å². The fourth-order valence-electron chi connectivity index (χ4n) is 0.652. The first-order valence-corrected chi connectivity index (χ1v) is 5.65. The van der Waals surface area contributed by atoms with Crippen LogP contribution in [0.5, 0.6) is 0 Å². The summed E-state index contributed by atoms with van der Waals surface area (Å²) >= 11 is 9.21. The van der Waals surface area contributed by atoms with Gasteiger partial charge in [0.2, 0.25) is 0 Å². The van der Waals surface area contributed by atoms with E-state index in [1.54, 1.807) is 0 Å². The summed E-state index contributed by atoms with van der Waals surface area (Å²) in [5.74, 6) is 0. The van der Waals surface area contributed by atoms with Crippen LogP contribution in [-0.2, 0) is 0 Å². The van der Waals surface area contributed by atoms with E-state index in [9.17, 15) is 0 Å². The Hall–Kier alpha value is 0.910. The largest absolute Gasteiger partial charge is 0.0956 e. The molecule has 1 aromatic carbocycles. The molecule has 0 aliphatic carbocycles. The standard InChI is InChI=1S/C7H5Br2I/c8-7(9)5-3-1-2-4-6(5)10/h1-4,7H. The van der Waals surface area contributed by atoms with Gasteiger partial charge < -0.3 is 0 Å². The van der Waals surface area contributed by atoms with E-state index in [0.29, 0.717) is 0 Å². The first-order valence-electron chi connectivity index (χ1n) is 2.74. The predicted octanol–water partition coefficient (Wildman–Crippen LogP) is 4.08. The molecule has 0 N–H and O–H groups in total. The minimum atomic E-state index is 0.271. The lowest BCUT2D eigenvalue weighted by atomic mass is 10.2. The van der Waals surface area contributed by atoms with Gasteiger partial charge in [-0.1, -0.05) is 50.1 Å². The molecule has 0 spiro atoms. The Morgan fingerprint density at radius 2 is 1.80 bits per heavy atom. The van der Waals surface area contributed by atoms with Crippen molar-refractivity contribution in [3.8, 4) is 0 Å². The highest BCUT2D eigenvalue weighted by Gasteiger charge is 2.04. The lowest BCUT2D eigenvalue weighted by Crippen LogP contribution is -1.83. The summed E-state index contributed by atoms with van der Waals surface area (Å²) in [5, 5.41) is 0. The van der Waals surface area contributed by atoms with Gasteiger partial charge in [-0.05, 0) is 34.2 Å². The van der Waals surface area contributed by atoms with Crippen molar-refractivity contribution in [1.29, 1.82) is 0 Å². The zero-order valence-electron chi connectivity index (χ0n) is 5.02. The summed E-state index contributed by atoms with van der Waals surface area (Å²) in [6.07, 6.45) is 0. The maximum absolute atomic E-state index is 3.45. The van der Waals surface area contributed by atoms with Gasteiger partial charge in [-0.25, -0.2) is 0 Å². The van der Waals surface area contributed by atoms with Crippen LogP contribution in [-0.4, -0.2) is 0 Å². The Morgan fingerprint density at radius 1 is 1.20 bits per heavy atom. The maximum atomic E-state index is 3.45. The second kappa shape index (κ2) is 4.07. The van der Waals surface area contributed by atoms with Crippen molar-refractivity contribution in [3.05, 3.63) is 33.4 Å². The van der Waals surface area contributed by atoms with Gasteiger partial charge in [-0.2, -0.15) is 0 Å². The fraction of sp³-hybridized carbons (Fsp3) is 0.143. The molecule has 0 unspecified atom stereocenters. The maximum Gasteiger partial charge on any atom is 0.0956 e. The minimum Gasteiger partial charge on any atom is -0.0712 e. The summed E-state index contributed by atoms with van der Waals surface area (Å²) in [5.41, 5.74) is 1.28. The van der Waals surface area contributed by atoms with Crippen LogP contribution in [0.4, 0.5) is 0 Å². The van der Waals surface area contributed by atoms with Gasteiger partial charge in [0.1, 0.15) is 0 Å². The number of halogens is 3. The molecule has 0 saturated heterocycles. The molecule has 0 fully saturated rings. The predicted molar refractivity (Wildman–Crippen MR) is 59.8 cm³/mol. The zero-order chi connectivity index (χ0) is 7.56. The molecule has 0 saturated carbocycles. The van der Waals surface area contributed by atoms with Gasteiger partial charge in [0.05, 0.1) is 3.74 Å². The Balaban J connectivity index is 3.03. The molecule has 0 aromatic heterocycles. The topological polar surface area (TPSA) is 0 Å². The van der Waals surface area contributed by atoms with Gasteiger partial charge >= 0.3 is 0 Å². The number of benzene rings is 1. The van der Waals surface area contributed by atoms with Crippen LogP contribution in [0.15, 0.2) is 24.3 Å². The highest BCUT2D eigenvalue weighted by molar-refractivity contribution is 14.1. The summed E-state index contributed by atoms with van der Waals surface area (Å²) < 4.78 is 1.55. The van der Waals surface area contributed by atoms with Gasteiger partial charge in [-0.15, -0.1) is 0 Å². The fourth-order valence-corrected chi connectivity index (χ4v) is 3.01. The van der Waals surface area contributed by atoms with Crippen molar-refractivity contribution in [2.45, 2.75) is 3.74 Å². The second-order valence-corrected chi connectivity index (χ2v) is 6.04. The van der Waals surface area contributed by atoms with Crippen LogP contribution in [0.1, 0.15) is 9.30 Å². The minimum absolute atomic E-state index is 0.271. The molecule has 3 heteroatoms. The first-order chi connectivity index (χ1) is 4.72. The highest BCUT2D eigenvalue weighted by atomic mass is 127. The Bertz CT molecular complexity index is 223. The van der Waals surface area contributed by atoms with Gasteiger partial charge in [-0.3, -0.25) is 0 Å². The molecule has 0 atom stereocenters. The van der Waals surface area contributed by atoms with E-state index in [0.717, 1.165) is 0 Å².